The van der Waals surface area contributed by atoms with E-state index < -0.39 is 17.7 Å². The molecule has 1 fully saturated rings. The Morgan fingerprint density at radius 1 is 1.10 bits per heavy atom. The summed E-state index contributed by atoms with van der Waals surface area (Å²) >= 11 is 1.29. The topological polar surface area (TPSA) is 98.2 Å². The van der Waals surface area contributed by atoms with Crippen LogP contribution >= 0.6 is 11.3 Å². The first kappa shape index (κ1) is 24.9. The van der Waals surface area contributed by atoms with Crippen molar-refractivity contribution in [2.24, 2.45) is 0 Å². The lowest BCUT2D eigenvalue weighted by Crippen LogP contribution is -2.29. The highest BCUT2D eigenvalue weighted by Crippen LogP contribution is 2.45. The van der Waals surface area contributed by atoms with Crippen molar-refractivity contribution in [2.75, 3.05) is 18.6 Å². The average Bonchev–Trinajstić information content (AvgIpc) is 3.60. The van der Waals surface area contributed by atoms with Crippen LogP contribution in [0, 0.1) is 0 Å². The minimum absolute atomic E-state index is 0.00587. The van der Waals surface area contributed by atoms with E-state index in [1.165, 1.54) is 16.2 Å². The Hall–Kier alpha value is -4.37. The number of thiazole rings is 1. The van der Waals surface area contributed by atoms with Crippen LogP contribution in [0.1, 0.15) is 36.6 Å². The molecule has 3 aromatic carbocycles. The molecule has 1 N–H and O–H groups in total. The Labute approximate surface area is 229 Å². The molecular formula is C30H26N2O6S. The summed E-state index contributed by atoms with van der Waals surface area (Å²) in [4.78, 5) is 33.2. The highest BCUT2D eigenvalue weighted by Gasteiger charge is 2.48. The fourth-order valence-electron chi connectivity index (χ4n) is 5.11. The van der Waals surface area contributed by atoms with Gasteiger partial charge in [-0.2, -0.15) is 0 Å². The number of carbonyl (C=O) groups is 2. The number of ketones is 1. The second-order valence-corrected chi connectivity index (χ2v) is 10.5. The van der Waals surface area contributed by atoms with Gasteiger partial charge in [-0.05, 0) is 73.5 Å². The lowest BCUT2D eigenvalue weighted by atomic mass is 9.94. The lowest BCUT2D eigenvalue weighted by molar-refractivity contribution is -0.132. The van der Waals surface area contributed by atoms with Crippen molar-refractivity contribution in [3.05, 3.63) is 82.9 Å². The fourth-order valence-corrected chi connectivity index (χ4v) is 6.13. The SMILES string of the molecule is CCOc1ccc2nc(N3C(=O)C(=O)/C(=C(/O)c4ccc5c(c4)C[C@@H](C)O5)[C@H]3c3ccc(OC)cc3)sc2c1. The summed E-state index contributed by atoms with van der Waals surface area (Å²) in [6.45, 7) is 4.41. The van der Waals surface area contributed by atoms with Crippen molar-refractivity contribution < 1.29 is 28.9 Å². The Balaban J connectivity index is 1.50. The Kier molecular flexibility index (Phi) is 6.23. The molecule has 1 saturated heterocycles. The predicted molar refractivity (Wildman–Crippen MR) is 149 cm³/mol. The van der Waals surface area contributed by atoms with Crippen molar-refractivity contribution >= 4 is 44.1 Å². The maximum Gasteiger partial charge on any atom is 0.301 e. The third-order valence-corrected chi connectivity index (χ3v) is 7.93. The van der Waals surface area contributed by atoms with Crippen LogP contribution in [0.15, 0.2) is 66.2 Å². The van der Waals surface area contributed by atoms with Crippen molar-refractivity contribution in [2.45, 2.75) is 32.4 Å². The van der Waals surface area contributed by atoms with E-state index in [-0.39, 0.29) is 17.4 Å². The summed E-state index contributed by atoms with van der Waals surface area (Å²) in [7, 11) is 1.57. The number of hydrogen-bond acceptors (Lipinski definition) is 8. The zero-order valence-corrected chi connectivity index (χ0v) is 22.5. The third-order valence-electron chi connectivity index (χ3n) is 6.91. The zero-order chi connectivity index (χ0) is 27.3. The molecule has 1 amide bonds. The molecule has 2 atom stereocenters. The van der Waals surface area contributed by atoms with Crippen LogP contribution in [0.4, 0.5) is 5.13 Å². The number of nitrogens with zero attached hydrogens (tertiary/aromatic N) is 2. The van der Waals surface area contributed by atoms with E-state index in [1.54, 1.807) is 43.5 Å². The number of fused-ring (bicyclic) bond motifs is 2. The second kappa shape index (κ2) is 9.74. The number of rotatable bonds is 6. The number of aliphatic hydroxyl groups excluding tert-OH is 1. The molecule has 1 aromatic heterocycles. The predicted octanol–water partition coefficient (Wildman–Crippen LogP) is 5.65. The molecule has 0 saturated carbocycles. The van der Waals surface area contributed by atoms with E-state index in [0.717, 1.165) is 16.0 Å². The first-order chi connectivity index (χ1) is 18.9. The van der Waals surface area contributed by atoms with Crippen molar-refractivity contribution in [3.63, 3.8) is 0 Å². The monoisotopic (exact) mass is 542 g/mol. The summed E-state index contributed by atoms with van der Waals surface area (Å²) in [5, 5.41) is 11.9. The normalized spacial score (nSPS) is 19.8. The van der Waals surface area contributed by atoms with Crippen LogP contribution in [-0.4, -0.2) is 41.6 Å². The number of aromatic nitrogens is 1. The molecule has 3 heterocycles. The molecule has 0 radical (unpaired) electrons. The van der Waals surface area contributed by atoms with Gasteiger partial charge in [-0.3, -0.25) is 14.5 Å². The van der Waals surface area contributed by atoms with Crippen LogP contribution in [-0.2, 0) is 16.0 Å². The van der Waals surface area contributed by atoms with Gasteiger partial charge in [-0.25, -0.2) is 4.98 Å². The van der Waals surface area contributed by atoms with Crippen molar-refractivity contribution in [1.29, 1.82) is 0 Å². The van der Waals surface area contributed by atoms with Gasteiger partial charge < -0.3 is 19.3 Å². The smallest absolute Gasteiger partial charge is 0.301 e. The van der Waals surface area contributed by atoms with Crippen LogP contribution in [0.2, 0.25) is 0 Å². The van der Waals surface area contributed by atoms with E-state index in [1.807, 2.05) is 38.1 Å². The van der Waals surface area contributed by atoms with Gasteiger partial charge in [0.1, 0.15) is 29.1 Å². The van der Waals surface area contributed by atoms with Crippen LogP contribution in [0.25, 0.3) is 16.0 Å². The maximum atomic E-state index is 13.6. The largest absolute Gasteiger partial charge is 0.507 e. The summed E-state index contributed by atoms with van der Waals surface area (Å²) in [6.07, 6.45) is 0.729. The van der Waals surface area contributed by atoms with Crippen LogP contribution < -0.4 is 19.1 Å². The lowest BCUT2D eigenvalue weighted by Gasteiger charge is -2.23. The molecule has 0 spiro atoms. The number of ether oxygens (including phenoxy) is 3. The van der Waals surface area contributed by atoms with Gasteiger partial charge in [-0.15, -0.1) is 0 Å². The Morgan fingerprint density at radius 3 is 2.62 bits per heavy atom. The van der Waals surface area contributed by atoms with E-state index in [0.29, 0.717) is 46.3 Å². The third kappa shape index (κ3) is 4.28. The van der Waals surface area contributed by atoms with Crippen molar-refractivity contribution in [1.82, 2.24) is 4.98 Å². The molecule has 39 heavy (non-hydrogen) atoms. The number of amides is 1. The Bertz CT molecular complexity index is 1640. The van der Waals surface area contributed by atoms with Crippen LogP contribution in [0.3, 0.4) is 0 Å². The summed E-state index contributed by atoms with van der Waals surface area (Å²) < 4.78 is 17.5. The minimum Gasteiger partial charge on any atom is -0.507 e. The molecule has 2 aliphatic rings. The molecule has 0 aliphatic carbocycles. The number of aliphatic hydroxyl groups is 1. The molecule has 9 heteroatoms. The summed E-state index contributed by atoms with van der Waals surface area (Å²) in [5.74, 6) is 0.328. The summed E-state index contributed by atoms with van der Waals surface area (Å²) in [6, 6.07) is 17.0. The molecule has 2 aliphatic heterocycles. The molecule has 4 aromatic rings. The average molecular weight is 543 g/mol. The number of hydrogen-bond donors (Lipinski definition) is 1. The van der Waals surface area contributed by atoms with Gasteiger partial charge in [0.25, 0.3) is 5.78 Å². The van der Waals surface area contributed by atoms with Crippen LogP contribution in [0.5, 0.6) is 17.2 Å². The van der Waals surface area contributed by atoms with Crippen molar-refractivity contribution in [3.8, 4) is 17.2 Å². The molecule has 198 valence electrons. The number of Topliss-reactive ketones (excluding diaryl/α,β-unsaturated/α-hetero) is 1. The van der Waals surface area contributed by atoms with Gasteiger partial charge >= 0.3 is 5.91 Å². The Morgan fingerprint density at radius 2 is 1.87 bits per heavy atom. The second-order valence-electron chi connectivity index (χ2n) is 9.46. The van der Waals surface area contributed by atoms with E-state index in [2.05, 4.69) is 4.98 Å². The summed E-state index contributed by atoms with van der Waals surface area (Å²) in [5.41, 5.74) is 2.73. The molecule has 8 nitrogen and oxygen atoms in total. The standard InChI is InChI=1S/C30H26N2O6S/c1-4-37-21-10-11-22-24(15-21)39-30(31-22)32-26(17-5-8-20(36-3)9-6-17)25(28(34)29(32)35)27(33)18-7-12-23-19(14-18)13-16(2)38-23/h5-12,14-16,26,33H,4,13H2,1-3H3/b27-25+/t16-,26-/m1/s1. The number of methoxy groups -OCH3 is 1. The maximum absolute atomic E-state index is 13.6. The molecular weight excluding hydrogens is 516 g/mol. The molecule has 6 rings (SSSR count). The van der Waals surface area contributed by atoms with Gasteiger partial charge in [0.05, 0.1) is 35.5 Å². The van der Waals surface area contributed by atoms with Gasteiger partial charge in [0.2, 0.25) is 0 Å². The first-order valence-corrected chi connectivity index (χ1v) is 13.5. The zero-order valence-electron chi connectivity index (χ0n) is 21.6. The van der Waals surface area contributed by atoms with Gasteiger partial charge in [0, 0.05) is 12.0 Å². The molecule has 0 unspecified atom stereocenters. The number of carbonyl (C=O) groups excluding carboxylic acids is 2. The number of benzene rings is 3. The number of anilines is 1. The van der Waals surface area contributed by atoms with E-state index in [9.17, 15) is 14.7 Å². The highest BCUT2D eigenvalue weighted by atomic mass is 32.1. The fraction of sp³-hybridized carbons (Fsp3) is 0.233. The van der Waals surface area contributed by atoms with Gasteiger partial charge in [0.15, 0.2) is 5.13 Å². The highest BCUT2D eigenvalue weighted by molar-refractivity contribution is 7.22. The first-order valence-electron chi connectivity index (χ1n) is 12.7. The minimum atomic E-state index is -0.883. The van der Waals surface area contributed by atoms with E-state index in [4.69, 9.17) is 14.2 Å². The van der Waals surface area contributed by atoms with Gasteiger partial charge in [-0.1, -0.05) is 23.5 Å². The molecule has 0 bridgehead atoms. The van der Waals surface area contributed by atoms with E-state index >= 15 is 0 Å². The quantitative estimate of drug-likeness (QED) is 0.191.